The first-order valence-electron chi connectivity index (χ1n) is 3.12. The van der Waals surface area contributed by atoms with Crippen LogP contribution < -0.4 is 0 Å². The fourth-order valence-corrected chi connectivity index (χ4v) is 0.900. The van der Waals surface area contributed by atoms with E-state index in [1.807, 2.05) is 0 Å². The Hall–Kier alpha value is 0.130. The molecule has 0 bridgehead atoms. The van der Waals surface area contributed by atoms with Gasteiger partial charge in [-0.2, -0.15) is 26.3 Å². The Bertz CT molecular complexity index is 205. The van der Waals surface area contributed by atoms with Gasteiger partial charge in [0.25, 0.3) is 0 Å². The molecule has 1 unspecified atom stereocenters. The molecule has 0 aliphatic rings. The van der Waals surface area contributed by atoms with E-state index in [0.29, 0.717) is 22.6 Å². The second-order valence-electron chi connectivity index (χ2n) is 2.46. The summed E-state index contributed by atoms with van der Waals surface area (Å²) in [6.45, 7) is 0. The van der Waals surface area contributed by atoms with Gasteiger partial charge in [-0.3, -0.25) is 0 Å². The minimum absolute atomic E-state index is 0.321. The van der Waals surface area contributed by atoms with E-state index in [9.17, 15) is 35.1 Å². The Labute approximate surface area is 91.6 Å². The van der Waals surface area contributed by atoms with Crippen molar-refractivity contribution in [2.24, 2.45) is 0 Å². The first kappa shape index (κ1) is 15.1. The van der Waals surface area contributed by atoms with Crippen LogP contribution in [0.4, 0.5) is 35.1 Å². The second kappa shape index (κ2) is 4.18. The quantitative estimate of drug-likeness (QED) is 0.466. The van der Waals surface area contributed by atoms with Crippen LogP contribution in [0.25, 0.3) is 0 Å². The summed E-state index contributed by atoms with van der Waals surface area (Å²) in [5.74, 6) is -18.2. The maximum Gasteiger partial charge on any atom is 0.381 e. The predicted octanol–water partition coefficient (Wildman–Crippen LogP) is 2.91. The number of alkyl halides is 9. The van der Waals surface area contributed by atoms with E-state index in [-0.39, 0.29) is 0 Å². The molecule has 0 spiro atoms. The fraction of sp³-hybridized carbons (Fsp3) is 1.00. The van der Waals surface area contributed by atoms with Crippen LogP contribution in [-0.4, -0.2) is 33.4 Å². The van der Waals surface area contributed by atoms with Gasteiger partial charge in [-0.05, 0) is 22.6 Å². The average Bonchev–Trinajstić information content (AvgIpc) is 2.02. The van der Waals surface area contributed by atoms with Crippen molar-refractivity contribution >= 4 is 22.6 Å². The van der Waals surface area contributed by atoms with Gasteiger partial charge in [0, 0.05) is 0 Å². The normalized spacial score (nSPS) is 17.0. The smallest absolute Gasteiger partial charge is 0.376 e. The molecule has 0 amide bonds. The van der Waals surface area contributed by atoms with Gasteiger partial charge in [0.2, 0.25) is 0 Å². The molecule has 0 fully saturated rings. The lowest BCUT2D eigenvalue weighted by Gasteiger charge is -2.32. The summed E-state index contributed by atoms with van der Waals surface area (Å²) < 4.78 is 93.3. The monoisotopic (exact) mass is 358 g/mol. The number of hydrogen-bond acceptors (Lipinski definition) is 1. The second-order valence-corrected chi connectivity index (χ2v) is 3.64. The van der Waals surface area contributed by atoms with Crippen LogP contribution in [-0.2, 0) is 0 Å². The van der Waals surface area contributed by atoms with Crippen LogP contribution in [0.1, 0.15) is 0 Å². The van der Waals surface area contributed by atoms with Gasteiger partial charge < -0.3 is 5.11 Å². The molecule has 1 N–H and O–H groups in total. The van der Waals surface area contributed by atoms with Crippen LogP contribution in [0.15, 0.2) is 0 Å². The molecule has 10 heteroatoms. The van der Waals surface area contributed by atoms with Crippen molar-refractivity contribution in [2.45, 2.75) is 28.3 Å². The van der Waals surface area contributed by atoms with Crippen molar-refractivity contribution in [2.75, 3.05) is 0 Å². The Morgan fingerprint density at radius 2 is 1.20 bits per heavy atom. The standard InChI is InChI=1S/C5H3F8IO/c6-1(7)3(8,9)5(12,13)4(10,11)2(14)15/h1-2,15H. The molecule has 0 aromatic heterocycles. The van der Waals surface area contributed by atoms with Crippen molar-refractivity contribution in [3.63, 3.8) is 0 Å². The first-order chi connectivity index (χ1) is 6.39. The first-order valence-corrected chi connectivity index (χ1v) is 4.37. The zero-order chi connectivity index (χ0) is 12.7. The van der Waals surface area contributed by atoms with Gasteiger partial charge in [-0.1, -0.05) is 0 Å². The van der Waals surface area contributed by atoms with Crippen molar-refractivity contribution in [1.82, 2.24) is 0 Å². The van der Waals surface area contributed by atoms with Crippen LogP contribution in [0.5, 0.6) is 0 Å². The molecule has 15 heavy (non-hydrogen) atoms. The Morgan fingerprint density at radius 3 is 1.40 bits per heavy atom. The maximum atomic E-state index is 12.4. The van der Waals surface area contributed by atoms with E-state index in [4.69, 9.17) is 5.11 Å². The van der Waals surface area contributed by atoms with Gasteiger partial charge >= 0.3 is 24.2 Å². The molecular weight excluding hydrogens is 355 g/mol. The number of halogens is 9. The van der Waals surface area contributed by atoms with Crippen LogP contribution in [0.3, 0.4) is 0 Å². The third-order valence-electron chi connectivity index (χ3n) is 1.41. The number of aliphatic hydroxyl groups excluding tert-OH is 1. The summed E-state index contributed by atoms with van der Waals surface area (Å²) in [6.07, 6.45) is -4.96. The van der Waals surface area contributed by atoms with Crippen molar-refractivity contribution < 1.29 is 40.2 Å². The van der Waals surface area contributed by atoms with E-state index >= 15 is 0 Å². The summed E-state index contributed by atoms with van der Waals surface area (Å²) in [6, 6.07) is 0. The van der Waals surface area contributed by atoms with Crippen molar-refractivity contribution in [1.29, 1.82) is 0 Å². The molecule has 0 saturated heterocycles. The van der Waals surface area contributed by atoms with Crippen LogP contribution in [0, 0.1) is 0 Å². The molecule has 1 nitrogen and oxygen atoms in total. The SMILES string of the molecule is OC(I)C(F)(F)C(F)(F)C(F)(F)C(F)F. The highest BCUT2D eigenvalue weighted by atomic mass is 127. The van der Waals surface area contributed by atoms with Crippen molar-refractivity contribution in [3.05, 3.63) is 0 Å². The van der Waals surface area contributed by atoms with E-state index in [1.54, 1.807) is 0 Å². The zero-order valence-corrected chi connectivity index (χ0v) is 8.66. The Kier molecular flexibility index (Phi) is 4.22. The highest BCUT2D eigenvalue weighted by Gasteiger charge is 2.77. The summed E-state index contributed by atoms with van der Waals surface area (Å²) >= 11 is 0.321. The molecule has 0 aromatic carbocycles. The summed E-state index contributed by atoms with van der Waals surface area (Å²) in [5, 5.41) is 8.14. The fourth-order valence-electron chi connectivity index (χ4n) is 0.509. The van der Waals surface area contributed by atoms with Gasteiger partial charge in [-0.25, -0.2) is 8.78 Å². The third-order valence-corrected chi connectivity index (χ3v) is 2.19. The maximum absolute atomic E-state index is 12.4. The molecule has 1 atom stereocenters. The molecular formula is C5H3F8IO. The van der Waals surface area contributed by atoms with Gasteiger partial charge in [0.15, 0.2) is 4.11 Å². The molecule has 0 aliphatic heterocycles. The Morgan fingerprint density at radius 1 is 0.867 bits per heavy atom. The molecule has 0 heterocycles. The highest BCUT2D eigenvalue weighted by Crippen LogP contribution is 2.50. The largest absolute Gasteiger partial charge is 0.381 e. The number of hydrogen-bond donors (Lipinski definition) is 1. The molecule has 0 saturated carbocycles. The lowest BCUT2D eigenvalue weighted by molar-refractivity contribution is -0.346. The highest BCUT2D eigenvalue weighted by molar-refractivity contribution is 14.1. The third kappa shape index (κ3) is 2.29. The lowest BCUT2D eigenvalue weighted by Crippen LogP contribution is -2.60. The van der Waals surface area contributed by atoms with E-state index in [2.05, 4.69) is 0 Å². The van der Waals surface area contributed by atoms with Gasteiger partial charge in [0.1, 0.15) is 0 Å². The number of aliphatic hydroxyl groups is 1. The van der Waals surface area contributed by atoms with E-state index < -0.39 is 28.3 Å². The topological polar surface area (TPSA) is 20.2 Å². The van der Waals surface area contributed by atoms with Crippen LogP contribution >= 0.6 is 22.6 Å². The molecule has 0 aliphatic carbocycles. The van der Waals surface area contributed by atoms with Crippen molar-refractivity contribution in [3.8, 4) is 0 Å². The minimum Gasteiger partial charge on any atom is -0.376 e. The van der Waals surface area contributed by atoms with E-state index in [0.717, 1.165) is 0 Å². The van der Waals surface area contributed by atoms with Gasteiger partial charge in [0.05, 0.1) is 0 Å². The van der Waals surface area contributed by atoms with E-state index in [1.165, 1.54) is 0 Å². The molecule has 0 rings (SSSR count). The summed E-state index contributed by atoms with van der Waals surface area (Å²) in [7, 11) is 0. The lowest BCUT2D eigenvalue weighted by atomic mass is 10.1. The molecule has 0 radical (unpaired) electrons. The Balaban J connectivity index is 5.30. The average molecular weight is 358 g/mol. The molecule has 92 valence electrons. The van der Waals surface area contributed by atoms with Gasteiger partial charge in [-0.15, -0.1) is 0 Å². The van der Waals surface area contributed by atoms with Crippen LogP contribution in [0.2, 0.25) is 0 Å². The summed E-state index contributed by atoms with van der Waals surface area (Å²) in [4.78, 5) is 0. The predicted molar refractivity (Wildman–Crippen MR) is 40.9 cm³/mol. The number of rotatable bonds is 4. The zero-order valence-electron chi connectivity index (χ0n) is 6.50. The minimum atomic E-state index is -6.34. The summed E-state index contributed by atoms with van der Waals surface area (Å²) in [5.41, 5.74) is 0. The molecule has 0 aromatic rings.